The van der Waals surface area contributed by atoms with Crippen molar-refractivity contribution in [3.05, 3.63) is 76.8 Å². The molecule has 0 fully saturated rings. The summed E-state index contributed by atoms with van der Waals surface area (Å²) >= 11 is 0. The van der Waals surface area contributed by atoms with Gasteiger partial charge in [0.2, 0.25) is 21.5 Å². The van der Waals surface area contributed by atoms with Crippen molar-refractivity contribution in [3.8, 4) is 34.3 Å². The van der Waals surface area contributed by atoms with Crippen LogP contribution in [0.25, 0.3) is 33.7 Å². The second-order valence-electron chi connectivity index (χ2n) is 8.21. The summed E-state index contributed by atoms with van der Waals surface area (Å²) in [5.41, 5.74) is 0.901. The lowest BCUT2D eigenvalue weighted by Crippen LogP contribution is -2.16. The lowest BCUT2D eigenvalue weighted by Gasteiger charge is -2.15. The first-order valence-electron chi connectivity index (χ1n) is 11.2. The smallest absolute Gasteiger partial charge is 0.293 e. The summed E-state index contributed by atoms with van der Waals surface area (Å²) in [6.07, 6.45) is 1.59. The molecule has 0 aliphatic rings. The van der Waals surface area contributed by atoms with Crippen molar-refractivity contribution in [1.82, 2.24) is 14.8 Å². The Balaban J connectivity index is 1.73. The molecule has 2 aromatic carbocycles. The second kappa shape index (κ2) is 9.21. The minimum atomic E-state index is -3.57. The molecule has 12 heteroatoms. The SMILES string of the molecule is CCS(=O)(=O)Nc1ccc(Oc2ccc(F)cc2)c(-c2cn(C)c(=O)c3oc(-c4nnc(C)o4)cc23)c1. The summed E-state index contributed by atoms with van der Waals surface area (Å²) in [5, 5.41) is 8.19. The molecule has 10 nitrogen and oxygen atoms in total. The number of hydrogen-bond acceptors (Lipinski definition) is 8. The summed E-state index contributed by atoms with van der Waals surface area (Å²) < 4.78 is 59.1. The highest BCUT2D eigenvalue weighted by Gasteiger charge is 2.21. The Morgan fingerprint density at radius 1 is 1.05 bits per heavy atom. The summed E-state index contributed by atoms with van der Waals surface area (Å²) in [4.78, 5) is 12.9. The highest BCUT2D eigenvalue weighted by molar-refractivity contribution is 7.92. The van der Waals surface area contributed by atoms with E-state index in [9.17, 15) is 17.6 Å². The highest BCUT2D eigenvalue weighted by Crippen LogP contribution is 2.40. The molecule has 5 rings (SSSR count). The van der Waals surface area contributed by atoms with Gasteiger partial charge in [-0.2, -0.15) is 0 Å². The Kier molecular flexibility index (Phi) is 6.04. The molecule has 0 bridgehead atoms. The van der Waals surface area contributed by atoms with Gasteiger partial charge in [-0.1, -0.05) is 0 Å². The fraction of sp³-hybridized carbons (Fsp3) is 0.160. The van der Waals surface area contributed by atoms with Crippen LogP contribution in [0.5, 0.6) is 11.5 Å². The molecular formula is C25H21FN4O6S. The zero-order valence-electron chi connectivity index (χ0n) is 20.0. The average molecular weight is 525 g/mol. The topological polar surface area (TPSA) is 129 Å². The van der Waals surface area contributed by atoms with Gasteiger partial charge in [0, 0.05) is 42.4 Å². The van der Waals surface area contributed by atoms with E-state index < -0.39 is 21.4 Å². The first-order chi connectivity index (χ1) is 17.6. The van der Waals surface area contributed by atoms with Crippen LogP contribution in [0, 0.1) is 12.7 Å². The Labute approximate surface area is 210 Å². The molecule has 3 heterocycles. The predicted molar refractivity (Wildman–Crippen MR) is 134 cm³/mol. The number of aryl methyl sites for hydroxylation is 2. The van der Waals surface area contributed by atoms with Crippen LogP contribution >= 0.6 is 0 Å². The van der Waals surface area contributed by atoms with Crippen molar-refractivity contribution in [3.63, 3.8) is 0 Å². The predicted octanol–water partition coefficient (Wildman–Crippen LogP) is 4.85. The highest BCUT2D eigenvalue weighted by atomic mass is 32.2. The average Bonchev–Trinajstić information content (AvgIpc) is 3.50. The monoisotopic (exact) mass is 524 g/mol. The number of nitrogens with one attached hydrogen (secondary N) is 1. The molecule has 0 amide bonds. The molecule has 0 unspecified atom stereocenters. The number of fused-ring (bicyclic) bond motifs is 1. The third-order valence-corrected chi connectivity index (χ3v) is 6.87. The molecule has 0 aliphatic heterocycles. The number of nitrogens with zero attached hydrogens (tertiary/aromatic N) is 3. The van der Waals surface area contributed by atoms with E-state index in [1.807, 2.05) is 0 Å². The standard InChI is InChI=1S/C25H21FN4O6S/c1-4-37(32,33)29-16-7-10-21(35-17-8-5-15(26)6-9-17)18(11-16)20-13-30(3)25(31)23-19(20)12-22(36-23)24-28-27-14(2)34-24/h5-13,29H,4H2,1-3H3. The number of furan rings is 1. The molecule has 0 atom stereocenters. The summed E-state index contributed by atoms with van der Waals surface area (Å²) in [6, 6.07) is 11.8. The van der Waals surface area contributed by atoms with E-state index in [-0.39, 0.29) is 23.0 Å². The summed E-state index contributed by atoms with van der Waals surface area (Å²) in [7, 11) is -2.00. The molecule has 1 N–H and O–H groups in total. The van der Waals surface area contributed by atoms with Crippen LogP contribution < -0.4 is 15.0 Å². The Morgan fingerprint density at radius 2 is 1.81 bits per heavy atom. The first kappa shape index (κ1) is 24.3. The third kappa shape index (κ3) is 4.83. The number of sulfonamides is 1. The minimum Gasteiger partial charge on any atom is -0.457 e. The number of halogens is 1. The number of aromatic nitrogens is 3. The molecule has 37 heavy (non-hydrogen) atoms. The molecule has 0 saturated carbocycles. The largest absolute Gasteiger partial charge is 0.457 e. The van der Waals surface area contributed by atoms with Crippen LogP contribution in [-0.4, -0.2) is 28.9 Å². The maximum Gasteiger partial charge on any atom is 0.293 e. The van der Waals surface area contributed by atoms with Crippen molar-refractivity contribution in [2.75, 3.05) is 10.5 Å². The van der Waals surface area contributed by atoms with E-state index in [2.05, 4.69) is 14.9 Å². The van der Waals surface area contributed by atoms with Gasteiger partial charge < -0.3 is 18.1 Å². The van der Waals surface area contributed by atoms with E-state index >= 15 is 0 Å². The molecule has 0 saturated heterocycles. The van der Waals surface area contributed by atoms with Crippen LogP contribution in [0.2, 0.25) is 0 Å². The Bertz CT molecular complexity index is 1790. The van der Waals surface area contributed by atoms with Gasteiger partial charge in [0.15, 0.2) is 5.76 Å². The zero-order chi connectivity index (χ0) is 26.3. The number of pyridine rings is 1. The van der Waals surface area contributed by atoms with E-state index in [4.69, 9.17) is 13.6 Å². The van der Waals surface area contributed by atoms with Crippen molar-refractivity contribution >= 4 is 26.7 Å². The van der Waals surface area contributed by atoms with Crippen LogP contribution in [0.3, 0.4) is 0 Å². The molecule has 3 aromatic heterocycles. The van der Waals surface area contributed by atoms with E-state index in [1.54, 1.807) is 44.4 Å². The fourth-order valence-corrected chi connectivity index (χ4v) is 4.35. The molecule has 5 aromatic rings. The number of rotatable bonds is 7. The lowest BCUT2D eigenvalue weighted by atomic mass is 10.0. The van der Waals surface area contributed by atoms with Gasteiger partial charge in [-0.3, -0.25) is 9.52 Å². The van der Waals surface area contributed by atoms with Gasteiger partial charge in [0.1, 0.15) is 17.3 Å². The maximum atomic E-state index is 13.4. The van der Waals surface area contributed by atoms with Gasteiger partial charge in [-0.05, 0) is 55.5 Å². The van der Waals surface area contributed by atoms with Gasteiger partial charge in [-0.15, -0.1) is 10.2 Å². The van der Waals surface area contributed by atoms with E-state index in [0.717, 1.165) is 0 Å². The van der Waals surface area contributed by atoms with E-state index in [1.165, 1.54) is 35.8 Å². The van der Waals surface area contributed by atoms with Crippen LogP contribution in [0.1, 0.15) is 12.8 Å². The van der Waals surface area contributed by atoms with Gasteiger partial charge in [0.25, 0.3) is 11.4 Å². The van der Waals surface area contributed by atoms with Crippen molar-refractivity contribution < 1.29 is 26.4 Å². The quantitative estimate of drug-likeness (QED) is 0.320. The molecule has 190 valence electrons. The molecule has 0 spiro atoms. The number of hydrogen-bond donors (Lipinski definition) is 1. The van der Waals surface area contributed by atoms with Crippen LogP contribution in [-0.2, 0) is 17.1 Å². The summed E-state index contributed by atoms with van der Waals surface area (Å²) in [6.45, 7) is 3.16. The van der Waals surface area contributed by atoms with Gasteiger partial charge >= 0.3 is 0 Å². The molecule has 0 radical (unpaired) electrons. The Morgan fingerprint density at radius 3 is 2.49 bits per heavy atom. The molecule has 0 aliphatic carbocycles. The van der Waals surface area contributed by atoms with Crippen molar-refractivity contribution in [2.24, 2.45) is 7.05 Å². The van der Waals surface area contributed by atoms with Crippen molar-refractivity contribution in [2.45, 2.75) is 13.8 Å². The maximum absolute atomic E-state index is 13.4. The number of anilines is 1. The summed E-state index contributed by atoms with van der Waals surface area (Å²) in [5.74, 6) is 0.794. The van der Waals surface area contributed by atoms with Gasteiger partial charge in [0.05, 0.1) is 5.75 Å². The lowest BCUT2D eigenvalue weighted by molar-refractivity contribution is 0.482. The van der Waals surface area contributed by atoms with Crippen LogP contribution in [0.15, 0.2) is 68.4 Å². The number of ether oxygens (including phenoxy) is 1. The Hall–Kier alpha value is -4.45. The van der Waals surface area contributed by atoms with Crippen molar-refractivity contribution in [1.29, 1.82) is 0 Å². The van der Waals surface area contributed by atoms with E-state index in [0.29, 0.717) is 39.6 Å². The van der Waals surface area contributed by atoms with Crippen LogP contribution in [0.4, 0.5) is 10.1 Å². The second-order valence-corrected chi connectivity index (χ2v) is 10.2. The molecular weight excluding hydrogens is 503 g/mol. The fourth-order valence-electron chi connectivity index (χ4n) is 3.72. The minimum absolute atomic E-state index is 0.0399. The normalized spacial score (nSPS) is 11.7. The number of benzene rings is 2. The third-order valence-electron chi connectivity index (χ3n) is 5.56. The zero-order valence-corrected chi connectivity index (χ0v) is 20.8. The first-order valence-corrected chi connectivity index (χ1v) is 12.8. The van der Waals surface area contributed by atoms with Gasteiger partial charge in [-0.25, -0.2) is 12.8 Å².